The highest BCUT2D eigenvalue weighted by Crippen LogP contribution is 1.99. The molecule has 5 N–H and O–H groups in total. The van der Waals surface area contributed by atoms with Crippen LogP contribution in [0.5, 0.6) is 0 Å². The summed E-state index contributed by atoms with van der Waals surface area (Å²) in [4.78, 5) is 11.0. The number of hydrogen-bond donors (Lipinski definition) is 3. The molecule has 0 aromatic rings. The van der Waals surface area contributed by atoms with Gasteiger partial charge in [0, 0.05) is 0 Å². The first kappa shape index (κ1) is 12.3. The standard InChI is InChI=1S/C8H18N2O3/c9-4-2-1-3-7(10)8(12)13-6-5-11/h7,11H,1-6,9-10H2/t7-/m0/s1. The van der Waals surface area contributed by atoms with Gasteiger partial charge < -0.3 is 21.3 Å². The lowest BCUT2D eigenvalue weighted by molar-refractivity contribution is -0.146. The lowest BCUT2D eigenvalue weighted by atomic mass is 10.1. The highest BCUT2D eigenvalue weighted by Gasteiger charge is 2.13. The molecule has 0 rings (SSSR count). The minimum atomic E-state index is -0.585. The summed E-state index contributed by atoms with van der Waals surface area (Å²) in [6.45, 7) is 0.461. The zero-order valence-electron chi connectivity index (χ0n) is 7.74. The summed E-state index contributed by atoms with van der Waals surface area (Å²) in [5, 5.41) is 8.38. The van der Waals surface area contributed by atoms with Crippen molar-refractivity contribution in [2.75, 3.05) is 19.8 Å². The Kier molecular flexibility index (Phi) is 7.57. The molecule has 0 unspecified atom stereocenters. The van der Waals surface area contributed by atoms with Crippen LogP contribution in [-0.4, -0.2) is 36.9 Å². The summed E-state index contributed by atoms with van der Waals surface area (Å²) in [6.07, 6.45) is 2.27. The quantitative estimate of drug-likeness (QED) is 0.352. The summed E-state index contributed by atoms with van der Waals surface area (Å²) >= 11 is 0. The van der Waals surface area contributed by atoms with Crippen molar-refractivity contribution >= 4 is 5.97 Å². The van der Waals surface area contributed by atoms with Gasteiger partial charge in [-0.3, -0.25) is 4.79 Å². The normalized spacial score (nSPS) is 12.5. The Morgan fingerprint density at radius 1 is 1.46 bits per heavy atom. The van der Waals surface area contributed by atoms with Gasteiger partial charge in [-0.25, -0.2) is 0 Å². The number of aliphatic hydroxyl groups is 1. The molecule has 0 fully saturated rings. The van der Waals surface area contributed by atoms with Crippen molar-refractivity contribution in [3.8, 4) is 0 Å². The second-order valence-corrected chi connectivity index (χ2v) is 2.78. The van der Waals surface area contributed by atoms with Crippen LogP contribution in [0.25, 0.3) is 0 Å². The Hall–Kier alpha value is -0.650. The summed E-state index contributed by atoms with van der Waals surface area (Å²) in [5.41, 5.74) is 10.8. The van der Waals surface area contributed by atoms with E-state index in [1.54, 1.807) is 0 Å². The summed E-state index contributed by atoms with van der Waals surface area (Å²) in [7, 11) is 0. The Labute approximate surface area is 78.0 Å². The molecule has 1 atom stereocenters. The summed E-state index contributed by atoms with van der Waals surface area (Å²) in [5.74, 6) is -0.453. The molecule has 5 heteroatoms. The SMILES string of the molecule is NCCCC[C@H](N)C(=O)OCCO. The monoisotopic (exact) mass is 190 g/mol. The van der Waals surface area contributed by atoms with Gasteiger partial charge >= 0.3 is 5.97 Å². The minimum absolute atomic E-state index is 0.0173. The predicted octanol–water partition coefficient (Wildman–Crippen LogP) is -1.02. The fraction of sp³-hybridized carbons (Fsp3) is 0.875. The topological polar surface area (TPSA) is 98.6 Å². The highest BCUT2D eigenvalue weighted by molar-refractivity contribution is 5.75. The van der Waals surface area contributed by atoms with Gasteiger partial charge in [-0.05, 0) is 19.4 Å². The van der Waals surface area contributed by atoms with Crippen molar-refractivity contribution in [2.24, 2.45) is 11.5 Å². The largest absolute Gasteiger partial charge is 0.462 e. The second-order valence-electron chi connectivity index (χ2n) is 2.78. The molecule has 0 aromatic heterocycles. The molecule has 0 amide bonds. The number of carbonyl (C=O) groups excluding carboxylic acids is 1. The third-order valence-corrected chi connectivity index (χ3v) is 1.61. The Morgan fingerprint density at radius 3 is 2.69 bits per heavy atom. The molecular weight excluding hydrogens is 172 g/mol. The van der Waals surface area contributed by atoms with Crippen molar-refractivity contribution in [1.82, 2.24) is 0 Å². The Balaban J connectivity index is 3.45. The van der Waals surface area contributed by atoms with E-state index in [1.807, 2.05) is 0 Å². The average Bonchev–Trinajstić information content (AvgIpc) is 2.14. The molecule has 0 aliphatic carbocycles. The van der Waals surface area contributed by atoms with Crippen LogP contribution in [0.2, 0.25) is 0 Å². The number of rotatable bonds is 7. The molecule has 5 nitrogen and oxygen atoms in total. The zero-order valence-corrected chi connectivity index (χ0v) is 7.74. The van der Waals surface area contributed by atoms with Crippen LogP contribution in [0.4, 0.5) is 0 Å². The highest BCUT2D eigenvalue weighted by atomic mass is 16.5. The number of aliphatic hydroxyl groups excluding tert-OH is 1. The molecular formula is C8H18N2O3. The van der Waals surface area contributed by atoms with E-state index in [0.29, 0.717) is 13.0 Å². The molecule has 0 radical (unpaired) electrons. The van der Waals surface area contributed by atoms with Crippen LogP contribution in [0.15, 0.2) is 0 Å². The number of ether oxygens (including phenoxy) is 1. The lowest BCUT2D eigenvalue weighted by Gasteiger charge is -2.09. The Bertz CT molecular complexity index is 141. The number of carbonyl (C=O) groups is 1. The van der Waals surface area contributed by atoms with Gasteiger partial charge in [0.05, 0.1) is 6.61 Å². The van der Waals surface area contributed by atoms with E-state index < -0.39 is 12.0 Å². The molecule has 0 aromatic carbocycles. The van der Waals surface area contributed by atoms with E-state index in [9.17, 15) is 4.79 Å². The maximum absolute atomic E-state index is 11.0. The van der Waals surface area contributed by atoms with Gasteiger partial charge in [0.25, 0.3) is 0 Å². The number of unbranched alkanes of at least 4 members (excludes halogenated alkanes) is 1. The number of hydrogen-bond acceptors (Lipinski definition) is 5. The molecule has 0 saturated carbocycles. The van der Waals surface area contributed by atoms with E-state index in [-0.39, 0.29) is 13.2 Å². The van der Waals surface area contributed by atoms with E-state index >= 15 is 0 Å². The smallest absolute Gasteiger partial charge is 0.322 e. The van der Waals surface area contributed by atoms with E-state index in [4.69, 9.17) is 16.6 Å². The minimum Gasteiger partial charge on any atom is -0.462 e. The summed E-state index contributed by atoms with van der Waals surface area (Å²) < 4.78 is 4.64. The zero-order chi connectivity index (χ0) is 10.1. The fourth-order valence-corrected chi connectivity index (χ4v) is 0.880. The third kappa shape index (κ3) is 6.51. The van der Waals surface area contributed by atoms with Gasteiger partial charge in [0.15, 0.2) is 0 Å². The molecule has 0 aliphatic rings. The molecule has 0 aliphatic heterocycles. The van der Waals surface area contributed by atoms with Crippen molar-refractivity contribution in [2.45, 2.75) is 25.3 Å². The fourth-order valence-electron chi connectivity index (χ4n) is 0.880. The first-order valence-corrected chi connectivity index (χ1v) is 4.45. The maximum atomic E-state index is 11.0. The van der Waals surface area contributed by atoms with Gasteiger partial charge in [-0.2, -0.15) is 0 Å². The molecule has 0 heterocycles. The first-order chi connectivity index (χ1) is 6.22. The van der Waals surface area contributed by atoms with Crippen LogP contribution >= 0.6 is 0 Å². The molecule has 0 saturated heterocycles. The number of esters is 1. The van der Waals surface area contributed by atoms with Gasteiger partial charge in [0.2, 0.25) is 0 Å². The van der Waals surface area contributed by atoms with E-state index in [2.05, 4.69) is 4.74 Å². The van der Waals surface area contributed by atoms with Gasteiger partial charge in [0.1, 0.15) is 12.6 Å². The molecule has 13 heavy (non-hydrogen) atoms. The molecule has 0 spiro atoms. The Morgan fingerprint density at radius 2 is 2.15 bits per heavy atom. The van der Waals surface area contributed by atoms with Crippen molar-refractivity contribution in [3.05, 3.63) is 0 Å². The van der Waals surface area contributed by atoms with Crippen molar-refractivity contribution < 1.29 is 14.6 Å². The van der Waals surface area contributed by atoms with Crippen LogP contribution in [-0.2, 0) is 9.53 Å². The molecule has 0 bridgehead atoms. The van der Waals surface area contributed by atoms with Gasteiger partial charge in [-0.1, -0.05) is 6.42 Å². The predicted molar refractivity (Wildman–Crippen MR) is 48.9 cm³/mol. The first-order valence-electron chi connectivity index (χ1n) is 4.45. The van der Waals surface area contributed by atoms with E-state index in [1.165, 1.54) is 0 Å². The second kappa shape index (κ2) is 7.97. The van der Waals surface area contributed by atoms with Gasteiger partial charge in [-0.15, -0.1) is 0 Å². The third-order valence-electron chi connectivity index (χ3n) is 1.61. The van der Waals surface area contributed by atoms with Crippen LogP contribution in [0.1, 0.15) is 19.3 Å². The van der Waals surface area contributed by atoms with Crippen LogP contribution in [0, 0.1) is 0 Å². The lowest BCUT2D eigenvalue weighted by Crippen LogP contribution is -2.32. The van der Waals surface area contributed by atoms with Crippen molar-refractivity contribution in [3.63, 3.8) is 0 Å². The summed E-state index contributed by atoms with van der Waals surface area (Å²) in [6, 6.07) is -0.585. The van der Waals surface area contributed by atoms with E-state index in [0.717, 1.165) is 12.8 Å². The number of nitrogens with two attached hydrogens (primary N) is 2. The van der Waals surface area contributed by atoms with Crippen LogP contribution in [0.3, 0.4) is 0 Å². The average molecular weight is 190 g/mol. The van der Waals surface area contributed by atoms with Crippen molar-refractivity contribution in [1.29, 1.82) is 0 Å². The molecule has 78 valence electrons. The maximum Gasteiger partial charge on any atom is 0.322 e. The van der Waals surface area contributed by atoms with Crippen LogP contribution < -0.4 is 11.5 Å².